The Balaban J connectivity index is 1.67. The summed E-state index contributed by atoms with van der Waals surface area (Å²) < 4.78 is 0. The highest BCUT2D eigenvalue weighted by atomic mass is 16.3. The molecule has 0 radical (unpaired) electrons. The lowest BCUT2D eigenvalue weighted by Gasteiger charge is -2.30. The minimum absolute atomic E-state index is 0.242. The summed E-state index contributed by atoms with van der Waals surface area (Å²) in [6, 6.07) is 8.35. The maximum Gasteiger partial charge on any atom is 0.0836 e. The molecule has 1 aliphatic carbocycles. The monoisotopic (exact) mass is 231 g/mol. The fourth-order valence-corrected chi connectivity index (χ4v) is 3.29. The van der Waals surface area contributed by atoms with Crippen LogP contribution < -0.4 is 0 Å². The normalized spacial score (nSPS) is 29.2. The minimum atomic E-state index is -0.242. The summed E-state index contributed by atoms with van der Waals surface area (Å²) in [5, 5.41) is 10.3. The predicted molar refractivity (Wildman–Crippen MR) is 68.9 cm³/mol. The zero-order valence-electron chi connectivity index (χ0n) is 10.3. The quantitative estimate of drug-likeness (QED) is 0.844. The molecule has 1 aliphatic heterocycles. The Morgan fingerprint density at radius 3 is 2.65 bits per heavy atom. The van der Waals surface area contributed by atoms with E-state index in [2.05, 4.69) is 23.1 Å². The summed E-state index contributed by atoms with van der Waals surface area (Å²) in [4.78, 5) is 2.53. The number of hydrogen-bond donors (Lipinski definition) is 1. The molecule has 0 saturated carbocycles. The summed E-state index contributed by atoms with van der Waals surface area (Å²) in [7, 11) is 0. The molecule has 1 heterocycles. The second-order valence-corrected chi connectivity index (χ2v) is 5.47. The highest BCUT2D eigenvalue weighted by Crippen LogP contribution is 2.36. The van der Waals surface area contributed by atoms with Crippen molar-refractivity contribution in [2.45, 2.75) is 31.8 Å². The Morgan fingerprint density at radius 2 is 1.88 bits per heavy atom. The maximum absolute atomic E-state index is 10.3. The van der Waals surface area contributed by atoms with Gasteiger partial charge in [0.15, 0.2) is 0 Å². The molecule has 1 aromatic carbocycles. The number of likely N-dealkylation sites (tertiary alicyclic amines) is 1. The summed E-state index contributed by atoms with van der Waals surface area (Å²) in [5.41, 5.74) is 2.51. The fourth-order valence-electron chi connectivity index (χ4n) is 3.29. The second kappa shape index (κ2) is 4.79. The van der Waals surface area contributed by atoms with Crippen LogP contribution in [0.25, 0.3) is 0 Å². The Labute approximate surface area is 103 Å². The highest BCUT2D eigenvalue weighted by molar-refractivity contribution is 5.34. The summed E-state index contributed by atoms with van der Waals surface area (Å²) in [5.74, 6) is 0.408. The third kappa shape index (κ3) is 2.24. The smallest absolute Gasteiger partial charge is 0.0836 e. The van der Waals surface area contributed by atoms with Gasteiger partial charge in [-0.2, -0.15) is 0 Å². The Morgan fingerprint density at radius 1 is 1.12 bits per heavy atom. The summed E-state index contributed by atoms with van der Waals surface area (Å²) >= 11 is 0. The summed E-state index contributed by atoms with van der Waals surface area (Å²) in [6.07, 6.45) is 4.84. The molecule has 2 nitrogen and oxygen atoms in total. The Bertz CT molecular complexity index is 384. The van der Waals surface area contributed by atoms with Gasteiger partial charge in [-0.05, 0) is 43.5 Å². The number of fused-ring (bicyclic) bond motifs is 1. The van der Waals surface area contributed by atoms with Crippen molar-refractivity contribution < 1.29 is 5.11 Å². The molecule has 1 aromatic rings. The van der Waals surface area contributed by atoms with E-state index in [1.54, 1.807) is 0 Å². The topological polar surface area (TPSA) is 23.5 Å². The van der Waals surface area contributed by atoms with Gasteiger partial charge in [-0.15, -0.1) is 0 Å². The maximum atomic E-state index is 10.3. The standard InChI is InChI=1S/C15H21NO/c17-15-13(11-16-8-4-1-5-9-16)10-12-6-2-3-7-14(12)15/h2-3,6-7,13,15,17H,1,4-5,8-11H2/t13-,15+/m1/s1. The van der Waals surface area contributed by atoms with Gasteiger partial charge in [0.2, 0.25) is 0 Å². The van der Waals surface area contributed by atoms with Crippen LogP contribution in [-0.4, -0.2) is 29.6 Å². The molecule has 3 rings (SSSR count). The molecule has 1 fully saturated rings. The zero-order chi connectivity index (χ0) is 11.7. The van der Waals surface area contributed by atoms with Crippen molar-refractivity contribution in [3.8, 4) is 0 Å². The van der Waals surface area contributed by atoms with E-state index in [4.69, 9.17) is 0 Å². The van der Waals surface area contributed by atoms with Crippen LogP contribution in [0, 0.1) is 5.92 Å². The molecule has 2 aliphatic rings. The van der Waals surface area contributed by atoms with Crippen LogP contribution in [0.3, 0.4) is 0 Å². The third-order valence-corrected chi connectivity index (χ3v) is 4.24. The SMILES string of the molecule is O[C@@H]1c2ccccc2C[C@@H]1CN1CCCCC1. The zero-order valence-corrected chi connectivity index (χ0v) is 10.3. The van der Waals surface area contributed by atoms with E-state index in [0.29, 0.717) is 5.92 Å². The van der Waals surface area contributed by atoms with Gasteiger partial charge in [0.25, 0.3) is 0 Å². The number of hydrogen-bond acceptors (Lipinski definition) is 2. The fraction of sp³-hybridized carbons (Fsp3) is 0.600. The van der Waals surface area contributed by atoms with Crippen LogP contribution in [0.1, 0.15) is 36.5 Å². The van der Waals surface area contributed by atoms with Crippen molar-refractivity contribution in [3.05, 3.63) is 35.4 Å². The third-order valence-electron chi connectivity index (χ3n) is 4.24. The molecule has 1 saturated heterocycles. The molecule has 92 valence electrons. The number of aliphatic hydroxyl groups excluding tert-OH is 1. The summed E-state index contributed by atoms with van der Waals surface area (Å²) in [6.45, 7) is 3.51. The Hall–Kier alpha value is -0.860. The van der Waals surface area contributed by atoms with Crippen molar-refractivity contribution in [1.29, 1.82) is 0 Å². The molecule has 0 spiro atoms. The lowest BCUT2D eigenvalue weighted by atomic mass is 10.0. The molecule has 2 heteroatoms. The van der Waals surface area contributed by atoms with Gasteiger partial charge >= 0.3 is 0 Å². The van der Waals surface area contributed by atoms with Gasteiger partial charge in [-0.25, -0.2) is 0 Å². The first-order valence-corrected chi connectivity index (χ1v) is 6.83. The van der Waals surface area contributed by atoms with Crippen molar-refractivity contribution in [1.82, 2.24) is 4.90 Å². The van der Waals surface area contributed by atoms with Gasteiger partial charge in [-0.1, -0.05) is 30.7 Å². The Kier molecular flexibility index (Phi) is 3.17. The van der Waals surface area contributed by atoms with Crippen molar-refractivity contribution >= 4 is 0 Å². The largest absolute Gasteiger partial charge is 0.388 e. The lowest BCUT2D eigenvalue weighted by Crippen LogP contribution is -2.35. The second-order valence-electron chi connectivity index (χ2n) is 5.47. The highest BCUT2D eigenvalue weighted by Gasteiger charge is 2.31. The predicted octanol–water partition coefficient (Wildman–Crippen LogP) is 2.38. The van der Waals surface area contributed by atoms with Gasteiger partial charge in [0, 0.05) is 12.5 Å². The van der Waals surface area contributed by atoms with Gasteiger partial charge < -0.3 is 10.0 Å². The van der Waals surface area contributed by atoms with E-state index in [-0.39, 0.29) is 6.10 Å². The van der Waals surface area contributed by atoms with Crippen molar-refractivity contribution in [2.24, 2.45) is 5.92 Å². The molecule has 1 N–H and O–H groups in total. The van der Waals surface area contributed by atoms with Crippen molar-refractivity contribution in [3.63, 3.8) is 0 Å². The van der Waals surface area contributed by atoms with Crippen LogP contribution in [0.5, 0.6) is 0 Å². The molecule has 0 amide bonds. The van der Waals surface area contributed by atoms with E-state index in [1.807, 2.05) is 6.07 Å². The number of piperidine rings is 1. The van der Waals surface area contributed by atoms with Gasteiger partial charge in [0.1, 0.15) is 0 Å². The number of benzene rings is 1. The molecule has 0 unspecified atom stereocenters. The van der Waals surface area contributed by atoms with Gasteiger partial charge in [0.05, 0.1) is 6.10 Å². The molecule has 17 heavy (non-hydrogen) atoms. The molecule has 0 bridgehead atoms. The van der Waals surface area contributed by atoms with Crippen molar-refractivity contribution in [2.75, 3.05) is 19.6 Å². The first-order chi connectivity index (χ1) is 8.34. The van der Waals surface area contributed by atoms with Crippen LogP contribution in [-0.2, 0) is 6.42 Å². The average molecular weight is 231 g/mol. The average Bonchev–Trinajstić information content (AvgIpc) is 2.68. The van der Waals surface area contributed by atoms with E-state index in [9.17, 15) is 5.11 Å². The van der Waals surface area contributed by atoms with E-state index < -0.39 is 0 Å². The van der Waals surface area contributed by atoms with Gasteiger partial charge in [-0.3, -0.25) is 0 Å². The molecular formula is C15H21NO. The number of aliphatic hydroxyl groups is 1. The molecule has 0 aromatic heterocycles. The number of rotatable bonds is 2. The first-order valence-electron chi connectivity index (χ1n) is 6.83. The molecule has 2 atom stereocenters. The first kappa shape index (κ1) is 11.2. The number of nitrogens with zero attached hydrogens (tertiary/aromatic N) is 1. The van der Waals surface area contributed by atoms with Crippen LogP contribution in [0.4, 0.5) is 0 Å². The van der Waals surface area contributed by atoms with E-state index >= 15 is 0 Å². The lowest BCUT2D eigenvalue weighted by molar-refractivity contribution is 0.0855. The minimum Gasteiger partial charge on any atom is -0.388 e. The van der Waals surface area contributed by atoms with E-state index in [0.717, 1.165) is 18.5 Å². The van der Waals surface area contributed by atoms with Crippen LogP contribution in [0.2, 0.25) is 0 Å². The van der Waals surface area contributed by atoms with Crippen LogP contribution in [0.15, 0.2) is 24.3 Å². The van der Waals surface area contributed by atoms with Crippen LogP contribution >= 0.6 is 0 Å². The molecular weight excluding hydrogens is 210 g/mol. The van der Waals surface area contributed by atoms with E-state index in [1.165, 1.54) is 37.9 Å².